The summed E-state index contributed by atoms with van der Waals surface area (Å²) in [5, 5.41) is 9.06. The number of aryl methyl sites for hydroxylation is 1. The summed E-state index contributed by atoms with van der Waals surface area (Å²) in [7, 11) is 7.50. The van der Waals surface area contributed by atoms with Crippen molar-refractivity contribution in [2.75, 3.05) is 28.2 Å². The number of hydrogen-bond donors (Lipinski definition) is 1. The Kier molecular flexibility index (Phi) is 14.3. The summed E-state index contributed by atoms with van der Waals surface area (Å²) in [4.78, 5) is 35.6. The minimum atomic E-state index is -0.355. The van der Waals surface area contributed by atoms with Gasteiger partial charge in [-0.3, -0.25) is 19.4 Å². The fraction of sp³-hybridized carbons (Fsp3) is 0.319. The van der Waals surface area contributed by atoms with Crippen LogP contribution in [-0.4, -0.2) is 72.3 Å². The third kappa shape index (κ3) is 11.9. The van der Waals surface area contributed by atoms with Gasteiger partial charge in [0.2, 0.25) is 0 Å². The normalized spacial score (nSPS) is 11.5. The van der Waals surface area contributed by atoms with Gasteiger partial charge in [0.25, 0.3) is 11.8 Å². The fourth-order valence-electron chi connectivity index (χ4n) is 7.08. The molecule has 5 aromatic carbocycles. The van der Waals surface area contributed by atoms with E-state index in [9.17, 15) is 9.59 Å². The van der Waals surface area contributed by atoms with Gasteiger partial charge in [0, 0.05) is 64.5 Å². The highest BCUT2D eigenvalue weighted by atomic mass is 16.5. The fourth-order valence-corrected chi connectivity index (χ4v) is 7.08. The molecule has 0 aliphatic carbocycles. The van der Waals surface area contributed by atoms with E-state index in [4.69, 9.17) is 9.68 Å². The smallest absolute Gasteiger partial charge is 0.504 e. The van der Waals surface area contributed by atoms with Crippen LogP contribution in [0.3, 0.4) is 0 Å². The molecule has 0 fully saturated rings. The number of benzene rings is 5. The Morgan fingerprint density at radius 1 is 0.571 bits per heavy atom. The number of carbonyl (C=O) groups is 2. The van der Waals surface area contributed by atoms with Gasteiger partial charge in [0.1, 0.15) is 5.75 Å². The first-order valence-corrected chi connectivity index (χ1v) is 19.2. The molecule has 292 valence electrons. The summed E-state index contributed by atoms with van der Waals surface area (Å²) < 4.78 is 5.21. The summed E-state index contributed by atoms with van der Waals surface area (Å²) in [5.74, 6) is 0.484. The summed E-state index contributed by atoms with van der Waals surface area (Å²) >= 11 is 0. The summed E-state index contributed by atoms with van der Waals surface area (Å²) in [5.41, 5.74) is 9.83. The molecule has 5 rings (SSSR count). The zero-order valence-electron chi connectivity index (χ0n) is 34.4. The van der Waals surface area contributed by atoms with Crippen molar-refractivity contribution < 1.29 is 19.3 Å². The average molecular weight is 753 g/mol. The molecule has 2 amide bonds. The van der Waals surface area contributed by atoms with Crippen LogP contribution in [0.4, 0.5) is 0 Å². The Labute approximate surface area is 334 Å². The van der Waals surface area contributed by atoms with Gasteiger partial charge in [-0.05, 0) is 95.7 Å². The number of hydrogen-bond acceptors (Lipinski definition) is 6. The first kappa shape index (κ1) is 41.9. The third-order valence-corrected chi connectivity index (χ3v) is 9.91. The standard InChI is InChI=1S/C47H57BN4O4/c1-34-11-9-12-39(25-34)30-49(5)28-35-17-21-38(22-18-35)33-52(8)46(54)43-24-23-41(27-44(43)47(2,3)4)45(53)51(7)32-37-19-15-36(16-20-37)29-50(6)31-40-13-10-14-42(26-40)56-48-55/h9-27,48,55H,28-33H2,1-8H3. The molecule has 56 heavy (non-hydrogen) atoms. The van der Waals surface area contributed by atoms with Crippen molar-refractivity contribution in [3.8, 4) is 5.75 Å². The largest absolute Gasteiger partial charge is 0.539 e. The van der Waals surface area contributed by atoms with Crippen LogP contribution in [0.15, 0.2) is 115 Å². The molecule has 0 aliphatic rings. The Hall–Kier alpha value is -5.22. The quantitative estimate of drug-likeness (QED) is 0.104. The highest BCUT2D eigenvalue weighted by Crippen LogP contribution is 2.29. The monoisotopic (exact) mass is 752 g/mol. The molecule has 0 bridgehead atoms. The summed E-state index contributed by atoms with van der Waals surface area (Å²) in [6, 6.07) is 38.7. The van der Waals surface area contributed by atoms with E-state index >= 15 is 0 Å². The summed E-state index contributed by atoms with van der Waals surface area (Å²) in [6.07, 6.45) is 0. The SMILES string of the molecule is Cc1cccc(CN(C)Cc2ccc(CN(C)C(=O)c3ccc(C(=O)N(C)Cc4ccc(CN(C)Cc5cccc(OBO)c5)cc4)cc3C(C)(C)C)cc2)c1. The zero-order valence-corrected chi connectivity index (χ0v) is 34.4. The lowest BCUT2D eigenvalue weighted by molar-refractivity contribution is 0.0771. The van der Waals surface area contributed by atoms with E-state index in [0.29, 0.717) is 30.0 Å². The predicted molar refractivity (Wildman–Crippen MR) is 228 cm³/mol. The van der Waals surface area contributed by atoms with Crippen LogP contribution in [0.2, 0.25) is 0 Å². The second-order valence-electron chi connectivity index (χ2n) is 16.2. The molecule has 0 unspecified atom stereocenters. The van der Waals surface area contributed by atoms with Crippen molar-refractivity contribution in [2.24, 2.45) is 0 Å². The van der Waals surface area contributed by atoms with Crippen LogP contribution >= 0.6 is 0 Å². The molecule has 8 nitrogen and oxygen atoms in total. The highest BCUT2D eigenvalue weighted by molar-refractivity contribution is 6.17. The molecular weight excluding hydrogens is 695 g/mol. The first-order valence-electron chi connectivity index (χ1n) is 19.2. The van der Waals surface area contributed by atoms with Crippen LogP contribution < -0.4 is 4.65 Å². The van der Waals surface area contributed by atoms with Gasteiger partial charge in [-0.15, -0.1) is 0 Å². The molecule has 9 heteroatoms. The lowest BCUT2D eigenvalue weighted by Crippen LogP contribution is -2.30. The van der Waals surface area contributed by atoms with Crippen LogP contribution in [-0.2, 0) is 44.7 Å². The van der Waals surface area contributed by atoms with Gasteiger partial charge in [0.15, 0.2) is 0 Å². The number of rotatable bonds is 16. The maximum atomic E-state index is 13.9. The van der Waals surface area contributed by atoms with Crippen molar-refractivity contribution >= 4 is 19.5 Å². The van der Waals surface area contributed by atoms with E-state index < -0.39 is 0 Å². The van der Waals surface area contributed by atoms with Crippen molar-refractivity contribution in [1.29, 1.82) is 0 Å². The molecule has 0 saturated heterocycles. The molecule has 0 spiro atoms. The van der Waals surface area contributed by atoms with E-state index in [1.807, 2.05) is 50.5 Å². The van der Waals surface area contributed by atoms with Crippen molar-refractivity contribution in [1.82, 2.24) is 19.6 Å². The minimum absolute atomic E-state index is 0.0702. The second-order valence-corrected chi connectivity index (χ2v) is 16.2. The van der Waals surface area contributed by atoms with Crippen LogP contribution in [0.25, 0.3) is 0 Å². The number of nitrogens with zero attached hydrogens (tertiary/aromatic N) is 4. The average Bonchev–Trinajstić information content (AvgIpc) is 3.15. The van der Waals surface area contributed by atoms with Gasteiger partial charge in [-0.25, -0.2) is 0 Å². The van der Waals surface area contributed by atoms with E-state index in [1.165, 1.54) is 22.3 Å². The first-order chi connectivity index (χ1) is 26.7. The maximum absolute atomic E-state index is 13.9. The van der Waals surface area contributed by atoms with Gasteiger partial charge in [-0.2, -0.15) is 0 Å². The van der Waals surface area contributed by atoms with Crippen LogP contribution in [0.1, 0.15) is 86.0 Å². The maximum Gasteiger partial charge on any atom is 0.504 e. The van der Waals surface area contributed by atoms with E-state index in [1.54, 1.807) is 15.9 Å². The van der Waals surface area contributed by atoms with Crippen molar-refractivity contribution in [2.45, 2.75) is 72.4 Å². The van der Waals surface area contributed by atoms with Crippen molar-refractivity contribution in [3.63, 3.8) is 0 Å². The molecule has 0 saturated carbocycles. The Morgan fingerprint density at radius 2 is 1.04 bits per heavy atom. The lowest BCUT2D eigenvalue weighted by Gasteiger charge is -2.27. The zero-order chi connectivity index (χ0) is 40.4. The molecular formula is C47H57BN4O4. The lowest BCUT2D eigenvalue weighted by atomic mass is 9.82. The van der Waals surface area contributed by atoms with E-state index in [-0.39, 0.29) is 24.9 Å². The molecule has 0 heterocycles. The van der Waals surface area contributed by atoms with E-state index in [2.05, 4.69) is 124 Å². The van der Waals surface area contributed by atoms with Gasteiger partial charge < -0.3 is 19.5 Å². The topological polar surface area (TPSA) is 76.6 Å². The Morgan fingerprint density at radius 3 is 1.54 bits per heavy atom. The molecule has 0 aromatic heterocycles. The van der Waals surface area contributed by atoms with Crippen LogP contribution in [0, 0.1) is 6.92 Å². The van der Waals surface area contributed by atoms with Gasteiger partial charge >= 0.3 is 7.69 Å². The molecule has 0 aliphatic heterocycles. The second kappa shape index (κ2) is 19.1. The molecule has 5 aromatic rings. The Bertz CT molecular complexity index is 2080. The predicted octanol–water partition coefficient (Wildman–Crippen LogP) is 7.74. The highest BCUT2D eigenvalue weighted by Gasteiger charge is 2.26. The van der Waals surface area contributed by atoms with Crippen LogP contribution in [0.5, 0.6) is 5.75 Å². The minimum Gasteiger partial charge on any atom is -0.539 e. The summed E-state index contributed by atoms with van der Waals surface area (Å²) in [6.45, 7) is 12.5. The van der Waals surface area contributed by atoms with Gasteiger partial charge in [-0.1, -0.05) is 111 Å². The number of amides is 2. The van der Waals surface area contributed by atoms with Gasteiger partial charge in [0.05, 0.1) is 0 Å². The third-order valence-electron chi connectivity index (χ3n) is 9.91. The molecule has 0 radical (unpaired) electrons. The molecule has 0 atom stereocenters. The molecule has 1 N–H and O–H groups in total. The van der Waals surface area contributed by atoms with Crippen molar-refractivity contribution in [3.05, 3.63) is 171 Å². The van der Waals surface area contributed by atoms with E-state index in [0.717, 1.165) is 48.4 Å². The Balaban J connectivity index is 1.17. The number of carbonyl (C=O) groups excluding carboxylic acids is 2.